The number of amides is 1. The summed E-state index contributed by atoms with van der Waals surface area (Å²) in [5.74, 6) is 0.735. The fourth-order valence-corrected chi connectivity index (χ4v) is 2.17. The zero-order valence-electron chi connectivity index (χ0n) is 12.3. The highest BCUT2D eigenvalue weighted by molar-refractivity contribution is 6.31. The van der Waals surface area contributed by atoms with Gasteiger partial charge in [0.1, 0.15) is 5.75 Å². The van der Waals surface area contributed by atoms with E-state index in [1.165, 1.54) is 0 Å². The van der Waals surface area contributed by atoms with Crippen molar-refractivity contribution < 1.29 is 9.53 Å². The van der Waals surface area contributed by atoms with Crippen molar-refractivity contribution in [2.45, 2.75) is 27.2 Å². The molecule has 1 atom stereocenters. The Morgan fingerprint density at radius 3 is 2.70 bits per heavy atom. The molecule has 0 spiro atoms. The second kappa shape index (κ2) is 8.12. The van der Waals surface area contributed by atoms with E-state index in [0.29, 0.717) is 35.5 Å². The van der Waals surface area contributed by atoms with Gasteiger partial charge in [0.15, 0.2) is 0 Å². The Hall–Kier alpha value is -1.26. The summed E-state index contributed by atoms with van der Waals surface area (Å²) < 4.78 is 5.48. The summed E-state index contributed by atoms with van der Waals surface area (Å²) in [6.07, 6.45) is 0.757. The maximum absolute atomic E-state index is 12.3. The predicted molar refractivity (Wildman–Crippen MR) is 83.3 cm³/mol. The molecule has 0 aliphatic carbocycles. The molecule has 20 heavy (non-hydrogen) atoms. The largest absolute Gasteiger partial charge is 0.492 e. The lowest BCUT2D eigenvalue weighted by Crippen LogP contribution is -2.30. The average Bonchev–Trinajstić information content (AvgIpc) is 2.39. The van der Waals surface area contributed by atoms with Gasteiger partial charge >= 0.3 is 0 Å². The normalized spacial score (nSPS) is 12.3. The summed E-state index contributed by atoms with van der Waals surface area (Å²) in [4.78, 5) is 12.3. The number of nitrogens with two attached hydrogens (primary N) is 1. The van der Waals surface area contributed by atoms with Crippen LogP contribution in [0.2, 0.25) is 5.02 Å². The molecule has 112 valence electrons. The van der Waals surface area contributed by atoms with Gasteiger partial charge in [-0.3, -0.25) is 4.79 Å². The van der Waals surface area contributed by atoms with Crippen LogP contribution >= 0.6 is 11.6 Å². The number of hydrogen-bond donors (Lipinski definition) is 2. The molecule has 0 aliphatic rings. The predicted octanol–water partition coefficient (Wildman–Crippen LogP) is 3.30. The van der Waals surface area contributed by atoms with Crippen LogP contribution in [-0.4, -0.2) is 19.1 Å². The molecule has 1 rings (SSSR count). The van der Waals surface area contributed by atoms with Crippen molar-refractivity contribution in [3.8, 4) is 5.75 Å². The smallest absolute Gasteiger partial charge is 0.228 e. The van der Waals surface area contributed by atoms with Crippen LogP contribution < -0.4 is 15.8 Å². The fourth-order valence-electron chi connectivity index (χ4n) is 2.00. The lowest BCUT2D eigenvalue weighted by Gasteiger charge is -2.18. The van der Waals surface area contributed by atoms with Gasteiger partial charge in [-0.25, -0.2) is 0 Å². The van der Waals surface area contributed by atoms with Crippen molar-refractivity contribution in [3.05, 3.63) is 23.2 Å². The molecule has 0 heterocycles. The van der Waals surface area contributed by atoms with E-state index in [1.54, 1.807) is 18.2 Å². The van der Waals surface area contributed by atoms with Gasteiger partial charge in [0.2, 0.25) is 5.91 Å². The molecular weight excluding hydrogens is 276 g/mol. The van der Waals surface area contributed by atoms with Crippen LogP contribution in [0.3, 0.4) is 0 Å². The van der Waals surface area contributed by atoms with Crippen molar-refractivity contribution in [2.24, 2.45) is 17.6 Å². The highest BCUT2D eigenvalue weighted by atomic mass is 35.5. The number of nitrogens with one attached hydrogen (secondary N) is 1. The minimum absolute atomic E-state index is 0.0931. The molecule has 0 saturated carbocycles. The first-order valence-corrected chi connectivity index (χ1v) is 7.29. The van der Waals surface area contributed by atoms with Crippen LogP contribution in [0, 0.1) is 11.8 Å². The van der Waals surface area contributed by atoms with Gasteiger partial charge in [-0.15, -0.1) is 0 Å². The number of carbonyl (C=O) groups is 1. The Labute approximate surface area is 125 Å². The standard InChI is InChI=1S/C15H23ClN2O2/c1-4-20-14-6-5-12(16)8-13(14)18-15(19)11(9-17)7-10(2)3/h5-6,8,10-11H,4,7,9,17H2,1-3H3,(H,18,19). The summed E-state index contributed by atoms with van der Waals surface area (Å²) in [7, 11) is 0. The van der Waals surface area contributed by atoms with E-state index in [0.717, 1.165) is 6.42 Å². The van der Waals surface area contributed by atoms with E-state index in [1.807, 2.05) is 6.92 Å². The first-order chi connectivity index (χ1) is 9.47. The molecule has 0 bridgehead atoms. The lowest BCUT2D eigenvalue weighted by molar-refractivity contribution is -0.120. The average molecular weight is 299 g/mol. The van der Waals surface area contributed by atoms with E-state index < -0.39 is 0 Å². The molecule has 0 fully saturated rings. The Morgan fingerprint density at radius 1 is 1.45 bits per heavy atom. The summed E-state index contributed by atoms with van der Waals surface area (Å²) >= 11 is 5.97. The number of anilines is 1. The topological polar surface area (TPSA) is 64.3 Å². The van der Waals surface area contributed by atoms with E-state index in [4.69, 9.17) is 22.1 Å². The van der Waals surface area contributed by atoms with Crippen molar-refractivity contribution in [1.29, 1.82) is 0 Å². The molecular formula is C15H23ClN2O2. The van der Waals surface area contributed by atoms with Gasteiger partial charge in [0.05, 0.1) is 18.2 Å². The van der Waals surface area contributed by atoms with Crippen LogP contribution in [0.1, 0.15) is 27.2 Å². The third kappa shape index (κ3) is 5.02. The molecule has 5 heteroatoms. The first-order valence-electron chi connectivity index (χ1n) is 6.91. The number of hydrogen-bond acceptors (Lipinski definition) is 3. The van der Waals surface area contributed by atoms with Gasteiger partial charge in [-0.2, -0.15) is 0 Å². The second-order valence-corrected chi connectivity index (χ2v) is 5.56. The van der Waals surface area contributed by atoms with Crippen LogP contribution in [0.4, 0.5) is 5.69 Å². The molecule has 1 aromatic carbocycles. The van der Waals surface area contributed by atoms with Crippen molar-refractivity contribution in [2.75, 3.05) is 18.5 Å². The third-order valence-electron chi connectivity index (χ3n) is 2.91. The fraction of sp³-hybridized carbons (Fsp3) is 0.533. The molecule has 4 nitrogen and oxygen atoms in total. The molecule has 0 aromatic heterocycles. The van der Waals surface area contributed by atoms with E-state index in [-0.39, 0.29) is 11.8 Å². The number of benzene rings is 1. The van der Waals surface area contributed by atoms with Crippen LogP contribution in [0.15, 0.2) is 18.2 Å². The van der Waals surface area contributed by atoms with Gasteiger partial charge in [-0.1, -0.05) is 25.4 Å². The van der Waals surface area contributed by atoms with Gasteiger partial charge < -0.3 is 15.8 Å². The maximum Gasteiger partial charge on any atom is 0.228 e. The monoisotopic (exact) mass is 298 g/mol. The number of rotatable bonds is 7. The number of ether oxygens (including phenoxy) is 1. The van der Waals surface area contributed by atoms with Crippen molar-refractivity contribution >= 4 is 23.2 Å². The highest BCUT2D eigenvalue weighted by Crippen LogP contribution is 2.28. The summed E-state index contributed by atoms with van der Waals surface area (Å²) in [5.41, 5.74) is 6.27. The zero-order chi connectivity index (χ0) is 15.1. The van der Waals surface area contributed by atoms with Crippen molar-refractivity contribution in [1.82, 2.24) is 0 Å². The summed E-state index contributed by atoms with van der Waals surface area (Å²) in [5, 5.41) is 3.42. The van der Waals surface area contributed by atoms with E-state index in [2.05, 4.69) is 19.2 Å². The Balaban J connectivity index is 2.85. The minimum Gasteiger partial charge on any atom is -0.492 e. The molecule has 0 aliphatic heterocycles. The maximum atomic E-state index is 12.3. The molecule has 3 N–H and O–H groups in total. The summed E-state index contributed by atoms with van der Waals surface area (Å²) in [6, 6.07) is 5.17. The van der Waals surface area contributed by atoms with Crippen molar-refractivity contribution in [3.63, 3.8) is 0 Å². The third-order valence-corrected chi connectivity index (χ3v) is 3.15. The van der Waals surface area contributed by atoms with E-state index in [9.17, 15) is 4.79 Å². The first kappa shape index (κ1) is 16.8. The van der Waals surface area contributed by atoms with Crippen LogP contribution in [-0.2, 0) is 4.79 Å². The summed E-state index contributed by atoms with van der Waals surface area (Å²) in [6.45, 7) is 6.88. The Kier molecular flexibility index (Phi) is 6.82. The highest BCUT2D eigenvalue weighted by Gasteiger charge is 2.19. The van der Waals surface area contributed by atoms with Crippen LogP contribution in [0.25, 0.3) is 0 Å². The van der Waals surface area contributed by atoms with Gasteiger partial charge in [0.25, 0.3) is 0 Å². The molecule has 1 aromatic rings. The number of halogens is 1. The zero-order valence-corrected chi connectivity index (χ0v) is 13.0. The molecule has 1 unspecified atom stereocenters. The van der Waals surface area contributed by atoms with E-state index >= 15 is 0 Å². The van der Waals surface area contributed by atoms with Gasteiger partial charge in [-0.05, 0) is 37.5 Å². The quantitative estimate of drug-likeness (QED) is 0.812. The molecule has 0 radical (unpaired) electrons. The minimum atomic E-state index is -0.205. The van der Waals surface area contributed by atoms with Crippen LogP contribution in [0.5, 0.6) is 5.75 Å². The number of carbonyl (C=O) groups excluding carboxylic acids is 1. The molecule has 0 saturated heterocycles. The second-order valence-electron chi connectivity index (χ2n) is 5.12. The lowest BCUT2D eigenvalue weighted by atomic mass is 9.96. The van der Waals surface area contributed by atoms with Gasteiger partial charge in [0, 0.05) is 11.6 Å². The Bertz CT molecular complexity index is 449. The SMILES string of the molecule is CCOc1ccc(Cl)cc1NC(=O)C(CN)CC(C)C. The molecule has 1 amide bonds. The Morgan fingerprint density at radius 2 is 2.15 bits per heavy atom.